The summed E-state index contributed by atoms with van der Waals surface area (Å²) >= 11 is 0. The Labute approximate surface area is 513 Å². The third-order valence-electron chi connectivity index (χ3n) is 17.3. The van der Waals surface area contributed by atoms with Gasteiger partial charge in [0.05, 0.1) is 22.7 Å². The molecule has 0 spiro atoms. The van der Waals surface area contributed by atoms with Crippen LogP contribution in [-0.2, 0) is 0 Å². The first-order valence-electron chi connectivity index (χ1n) is 30.0. The van der Waals surface area contributed by atoms with Crippen molar-refractivity contribution in [3.05, 3.63) is 328 Å². The van der Waals surface area contributed by atoms with Gasteiger partial charge in [-0.3, -0.25) is 0 Å². The zero-order chi connectivity index (χ0) is 58.1. The summed E-state index contributed by atoms with van der Waals surface area (Å²) in [5.41, 5.74) is 22.1. The Kier molecular flexibility index (Phi) is 12.2. The predicted octanol–water partition coefficient (Wildman–Crippen LogP) is 18.1. The van der Waals surface area contributed by atoms with E-state index in [1.807, 2.05) is 0 Å². The van der Waals surface area contributed by atoms with Crippen molar-refractivity contribution in [2.75, 3.05) is 29.4 Å². The molecule has 0 aliphatic carbocycles. The average Bonchev–Trinajstić information content (AvgIpc) is 1.33. The van der Waals surface area contributed by atoms with Gasteiger partial charge in [-0.15, -0.1) is 0 Å². The van der Waals surface area contributed by atoms with Gasteiger partial charge in [0.1, 0.15) is 11.5 Å². The highest BCUT2D eigenvalue weighted by Crippen LogP contribution is 2.53. The van der Waals surface area contributed by atoms with Crippen molar-refractivity contribution >= 4 is 138 Å². The highest BCUT2D eigenvalue weighted by molar-refractivity contribution is 6.89. The van der Waals surface area contributed by atoms with Crippen LogP contribution in [0.5, 0.6) is 11.5 Å². The summed E-state index contributed by atoms with van der Waals surface area (Å²) in [4.78, 5) is 14.5. The Morgan fingerprint density at radius 3 is 0.761 bits per heavy atom. The molecule has 0 radical (unpaired) electrons. The van der Waals surface area contributed by atoms with Crippen LogP contribution < -0.4 is 60.6 Å². The molecule has 0 aromatic heterocycles. The summed E-state index contributed by atoms with van der Waals surface area (Å²) in [6, 6.07) is 117. The first kappa shape index (κ1) is 50.9. The van der Waals surface area contributed by atoms with Crippen LogP contribution in [-0.4, -0.2) is 13.8 Å². The molecule has 8 nitrogen and oxygen atoms in total. The lowest BCUT2D eigenvalue weighted by Crippen LogP contribution is -2.59. The van der Waals surface area contributed by atoms with Crippen molar-refractivity contribution in [1.82, 2.24) is 0 Å². The second kappa shape index (κ2) is 21.2. The van der Waals surface area contributed by atoms with Crippen LogP contribution in [0, 0.1) is 0 Å². The standard InChI is InChI=1S/C78H54B2N6O2/c1-9-29-55(30-10-1)81(56-31-11-2-12-32-56)63-49-71-77-73(51-63)85(61-41-21-7-22-42-61)69-54-70-66(53-65(69)79(77)87-75-47-27-25-45-67(75)83(71)59-37-17-5-18-38-59)80-78-72(84(60-39-19-6-20-40-60)68-46-26-28-48-76(68)88-80)50-64(52-74(78)86(70)62-43-23-8-24-44-62)82(57-33-13-3-14-34-57)58-35-15-4-16-36-58/h1-54H. The van der Waals surface area contributed by atoms with E-state index in [1.54, 1.807) is 0 Å². The smallest absolute Gasteiger partial charge is 0.432 e. The number of hydrogen-bond donors (Lipinski definition) is 0. The van der Waals surface area contributed by atoms with E-state index in [1.165, 1.54) is 0 Å². The van der Waals surface area contributed by atoms with Crippen molar-refractivity contribution in [1.29, 1.82) is 0 Å². The Hall–Kier alpha value is -11.6. The van der Waals surface area contributed by atoms with Gasteiger partial charge in [-0.25, -0.2) is 0 Å². The van der Waals surface area contributed by atoms with E-state index < -0.39 is 13.8 Å². The summed E-state index contributed by atoms with van der Waals surface area (Å²) < 4.78 is 15.6. The highest BCUT2D eigenvalue weighted by Gasteiger charge is 2.49. The maximum atomic E-state index is 7.81. The van der Waals surface area contributed by atoms with E-state index in [0.29, 0.717) is 0 Å². The lowest BCUT2D eigenvalue weighted by atomic mass is 9.47. The Morgan fingerprint density at radius 2 is 0.466 bits per heavy atom. The minimum Gasteiger partial charge on any atom is -0.550 e. The van der Waals surface area contributed by atoms with Gasteiger partial charge in [-0.1, -0.05) is 176 Å². The van der Waals surface area contributed by atoms with Gasteiger partial charge in [0.2, 0.25) is 0 Å². The van der Waals surface area contributed by atoms with Gasteiger partial charge >= 0.3 is 13.8 Å². The molecule has 17 rings (SSSR count). The van der Waals surface area contributed by atoms with Crippen molar-refractivity contribution < 1.29 is 9.31 Å². The molecule has 4 aliphatic heterocycles. The lowest BCUT2D eigenvalue weighted by Gasteiger charge is -2.42. The summed E-state index contributed by atoms with van der Waals surface area (Å²) in [6.07, 6.45) is 0. The number of anilines is 18. The minimum atomic E-state index is -0.603. The maximum absolute atomic E-state index is 7.81. The van der Waals surface area contributed by atoms with E-state index >= 15 is 0 Å². The maximum Gasteiger partial charge on any atom is 0.432 e. The molecular weight excluding hydrogens is 1070 g/mol. The molecule has 13 aromatic carbocycles. The monoisotopic (exact) mass is 1130 g/mol. The van der Waals surface area contributed by atoms with Crippen LogP contribution in [0.4, 0.5) is 102 Å². The van der Waals surface area contributed by atoms with Crippen molar-refractivity contribution in [2.45, 2.75) is 0 Å². The fourth-order valence-electron chi connectivity index (χ4n) is 13.6. The molecule has 0 atom stereocenters. The van der Waals surface area contributed by atoms with E-state index in [0.717, 1.165) is 136 Å². The molecule has 414 valence electrons. The van der Waals surface area contributed by atoms with Crippen molar-refractivity contribution in [3.63, 3.8) is 0 Å². The fraction of sp³-hybridized carbons (Fsp3) is 0. The zero-order valence-electron chi connectivity index (χ0n) is 47.8. The van der Waals surface area contributed by atoms with E-state index in [9.17, 15) is 0 Å². The molecule has 0 fully saturated rings. The molecule has 0 N–H and O–H groups in total. The van der Waals surface area contributed by atoms with Gasteiger partial charge in [-0.05, 0) is 163 Å². The molecule has 10 heteroatoms. The van der Waals surface area contributed by atoms with Crippen molar-refractivity contribution in [3.8, 4) is 11.5 Å². The summed E-state index contributed by atoms with van der Waals surface area (Å²) in [7, 11) is 0. The van der Waals surface area contributed by atoms with Crippen LogP contribution >= 0.6 is 0 Å². The van der Waals surface area contributed by atoms with E-state index in [-0.39, 0.29) is 0 Å². The second-order valence-electron chi connectivity index (χ2n) is 22.4. The number of benzene rings is 13. The molecule has 0 amide bonds. The number of para-hydroxylation sites is 12. The van der Waals surface area contributed by atoms with Gasteiger partial charge < -0.3 is 38.7 Å². The first-order chi connectivity index (χ1) is 43.7. The highest BCUT2D eigenvalue weighted by atomic mass is 16.4. The SMILES string of the molecule is c1ccc(N(c2ccccc2)c2cc3c4c(c2)N(c2ccccc2)c2cc5c(cc2B4Oc2ccccc2N3c2ccccc2)B2Oc3ccccc3N(c3ccccc3)c3cc(N(c4ccccc4)c4ccccc4)cc(c32)N5c2ccccc2)cc1. The van der Waals surface area contributed by atoms with Gasteiger partial charge in [-0.2, -0.15) is 0 Å². The van der Waals surface area contributed by atoms with Gasteiger partial charge in [0, 0.05) is 90.5 Å². The molecular formula is C78H54B2N6O2. The fourth-order valence-corrected chi connectivity index (χ4v) is 13.6. The third-order valence-corrected chi connectivity index (χ3v) is 17.3. The number of hydrogen-bond acceptors (Lipinski definition) is 8. The number of fused-ring (bicyclic) bond motifs is 6. The Balaban J connectivity index is 0.992. The molecule has 13 aromatic rings. The summed E-state index contributed by atoms with van der Waals surface area (Å²) in [5.74, 6) is 1.54. The second-order valence-corrected chi connectivity index (χ2v) is 22.4. The van der Waals surface area contributed by atoms with Crippen LogP contribution in [0.15, 0.2) is 328 Å². The summed E-state index contributed by atoms with van der Waals surface area (Å²) in [5, 5.41) is 0. The largest absolute Gasteiger partial charge is 0.550 e. The minimum absolute atomic E-state index is 0.603. The van der Waals surface area contributed by atoms with Crippen LogP contribution in [0.3, 0.4) is 0 Å². The van der Waals surface area contributed by atoms with Crippen LogP contribution in [0.1, 0.15) is 0 Å². The number of nitrogens with zero attached hydrogens (tertiary/aromatic N) is 6. The molecule has 0 unspecified atom stereocenters. The topological polar surface area (TPSA) is 37.9 Å². The summed E-state index contributed by atoms with van der Waals surface area (Å²) in [6.45, 7) is -1.21. The number of rotatable bonds is 10. The predicted molar refractivity (Wildman–Crippen MR) is 366 cm³/mol. The average molecular weight is 1130 g/mol. The van der Waals surface area contributed by atoms with Crippen molar-refractivity contribution in [2.24, 2.45) is 0 Å². The van der Waals surface area contributed by atoms with E-state index in [4.69, 9.17) is 9.31 Å². The van der Waals surface area contributed by atoms with Crippen LogP contribution in [0.2, 0.25) is 0 Å². The van der Waals surface area contributed by atoms with Gasteiger partial charge in [0.25, 0.3) is 0 Å². The Morgan fingerprint density at radius 1 is 0.216 bits per heavy atom. The molecule has 0 bridgehead atoms. The molecule has 0 saturated carbocycles. The first-order valence-corrected chi connectivity index (χ1v) is 30.0. The van der Waals surface area contributed by atoms with Gasteiger partial charge in [0.15, 0.2) is 0 Å². The molecule has 88 heavy (non-hydrogen) atoms. The molecule has 4 heterocycles. The van der Waals surface area contributed by atoms with Crippen LogP contribution in [0.25, 0.3) is 0 Å². The third kappa shape index (κ3) is 8.40. The molecule has 4 aliphatic rings. The Bertz CT molecular complexity index is 4350. The quantitative estimate of drug-likeness (QED) is 0.125. The lowest BCUT2D eigenvalue weighted by molar-refractivity contribution is 0.594. The normalized spacial score (nSPS) is 13.0. The molecule has 0 saturated heterocycles. The zero-order valence-corrected chi connectivity index (χ0v) is 47.8. The van der Waals surface area contributed by atoms with E-state index in [2.05, 4.69) is 357 Å².